The highest BCUT2D eigenvalue weighted by atomic mass is 16.5. The van der Waals surface area contributed by atoms with Crippen LogP contribution in [0, 0.1) is 0 Å². The molecule has 1 N–H and O–H groups in total. The van der Waals surface area contributed by atoms with Gasteiger partial charge >= 0.3 is 5.97 Å². The number of aliphatic carboxylic acids is 1. The van der Waals surface area contributed by atoms with Crippen LogP contribution < -0.4 is 9.47 Å². The van der Waals surface area contributed by atoms with Crippen LogP contribution in [0.3, 0.4) is 0 Å². The minimum absolute atomic E-state index is 0.0868. The van der Waals surface area contributed by atoms with E-state index in [-0.39, 0.29) is 6.42 Å². The van der Waals surface area contributed by atoms with Gasteiger partial charge in [0.15, 0.2) is 0 Å². The number of hydrogen-bond donors (Lipinski definition) is 1. The molecule has 1 aromatic rings. The molecule has 0 fully saturated rings. The van der Waals surface area contributed by atoms with E-state index < -0.39 is 5.97 Å². The Balaban J connectivity index is 0.00000121. The maximum Gasteiger partial charge on any atom is 0.303 e. The lowest BCUT2D eigenvalue weighted by atomic mass is 10.1. The molecule has 0 aliphatic rings. The van der Waals surface area contributed by atoms with E-state index in [4.69, 9.17) is 14.6 Å². The van der Waals surface area contributed by atoms with E-state index >= 15 is 0 Å². The summed E-state index contributed by atoms with van der Waals surface area (Å²) in [5.41, 5.74) is 0.847. The molecule has 0 heterocycles. The van der Waals surface area contributed by atoms with Crippen molar-refractivity contribution < 1.29 is 19.4 Å². The Hall–Kier alpha value is -1.71. The van der Waals surface area contributed by atoms with E-state index in [1.165, 1.54) is 0 Å². The van der Waals surface area contributed by atoms with E-state index in [1.807, 2.05) is 13.8 Å². The molecule has 17 heavy (non-hydrogen) atoms. The second kappa shape index (κ2) is 8.44. The van der Waals surface area contributed by atoms with Crippen LogP contribution in [0.5, 0.6) is 11.5 Å². The number of ether oxygens (including phenoxy) is 2. The zero-order valence-electron chi connectivity index (χ0n) is 10.8. The quantitative estimate of drug-likeness (QED) is 0.859. The lowest BCUT2D eigenvalue weighted by Crippen LogP contribution is -2.00. The molecule has 4 nitrogen and oxygen atoms in total. The number of carboxylic acid groups (broad SMARTS) is 1. The van der Waals surface area contributed by atoms with Gasteiger partial charge in [0.2, 0.25) is 0 Å². The average molecular weight is 240 g/mol. The van der Waals surface area contributed by atoms with Crippen LogP contribution in [-0.2, 0) is 11.2 Å². The highest BCUT2D eigenvalue weighted by molar-refractivity contribution is 5.67. The normalized spacial score (nSPS) is 8.94. The summed E-state index contributed by atoms with van der Waals surface area (Å²) in [6.07, 6.45) is 0.527. The lowest BCUT2D eigenvalue weighted by Gasteiger charge is -2.09. The first-order valence-corrected chi connectivity index (χ1v) is 5.60. The van der Waals surface area contributed by atoms with Crippen molar-refractivity contribution in [3.05, 3.63) is 23.8 Å². The highest BCUT2D eigenvalue weighted by Gasteiger charge is 2.06. The summed E-state index contributed by atoms with van der Waals surface area (Å²) >= 11 is 0. The van der Waals surface area contributed by atoms with Gasteiger partial charge in [-0.25, -0.2) is 0 Å². The van der Waals surface area contributed by atoms with Gasteiger partial charge in [0.1, 0.15) is 11.5 Å². The van der Waals surface area contributed by atoms with Crippen molar-refractivity contribution in [1.82, 2.24) is 0 Å². The van der Waals surface area contributed by atoms with Crippen molar-refractivity contribution >= 4 is 5.97 Å². The summed E-state index contributed by atoms with van der Waals surface area (Å²) in [7, 11) is 3.13. The highest BCUT2D eigenvalue weighted by Crippen LogP contribution is 2.24. The molecule has 1 rings (SSSR count). The molecule has 4 heteroatoms. The van der Waals surface area contributed by atoms with E-state index in [9.17, 15) is 4.79 Å². The van der Waals surface area contributed by atoms with Gasteiger partial charge in [-0.3, -0.25) is 4.79 Å². The van der Waals surface area contributed by atoms with Gasteiger partial charge in [-0.2, -0.15) is 0 Å². The predicted octanol–water partition coefficient (Wildman–Crippen LogP) is 2.75. The maximum absolute atomic E-state index is 10.5. The number of benzene rings is 1. The minimum atomic E-state index is -0.820. The van der Waals surface area contributed by atoms with Crippen molar-refractivity contribution in [3.63, 3.8) is 0 Å². The molecule has 96 valence electrons. The molecular weight excluding hydrogens is 220 g/mol. The van der Waals surface area contributed by atoms with Crippen LogP contribution in [0.15, 0.2) is 18.2 Å². The van der Waals surface area contributed by atoms with E-state index in [1.54, 1.807) is 32.4 Å². The minimum Gasteiger partial charge on any atom is -0.497 e. The standard InChI is InChI=1S/C11H14O4.C2H6/c1-14-9-4-5-10(15-2)8(7-9)3-6-11(12)13;1-2/h4-5,7H,3,6H2,1-2H3,(H,12,13);1-2H3. The third-order valence-corrected chi connectivity index (χ3v) is 2.10. The first-order valence-electron chi connectivity index (χ1n) is 5.60. The van der Waals surface area contributed by atoms with Gasteiger partial charge in [0.05, 0.1) is 14.2 Å². The molecule has 0 aliphatic carbocycles. The third-order valence-electron chi connectivity index (χ3n) is 2.10. The monoisotopic (exact) mass is 240 g/mol. The molecule has 0 aliphatic heterocycles. The van der Waals surface area contributed by atoms with Crippen LogP contribution in [0.4, 0.5) is 0 Å². The van der Waals surface area contributed by atoms with Crippen molar-refractivity contribution in [1.29, 1.82) is 0 Å². The van der Waals surface area contributed by atoms with Crippen molar-refractivity contribution in [2.24, 2.45) is 0 Å². The number of hydrogen-bond acceptors (Lipinski definition) is 3. The summed E-state index contributed by atoms with van der Waals surface area (Å²) < 4.78 is 10.2. The van der Waals surface area contributed by atoms with Crippen molar-refractivity contribution in [2.75, 3.05) is 14.2 Å². The molecule has 0 spiro atoms. The molecule has 0 bridgehead atoms. The molecule has 0 atom stereocenters. The van der Waals surface area contributed by atoms with Crippen molar-refractivity contribution in [3.8, 4) is 11.5 Å². The van der Waals surface area contributed by atoms with Crippen LogP contribution in [0.1, 0.15) is 25.8 Å². The first kappa shape index (κ1) is 15.3. The Morgan fingerprint density at radius 1 is 1.24 bits per heavy atom. The summed E-state index contributed by atoms with van der Waals surface area (Å²) in [6.45, 7) is 4.00. The van der Waals surface area contributed by atoms with Crippen molar-refractivity contribution in [2.45, 2.75) is 26.7 Å². The topological polar surface area (TPSA) is 55.8 Å². The zero-order valence-corrected chi connectivity index (χ0v) is 10.8. The number of aryl methyl sites for hydroxylation is 1. The number of carboxylic acids is 1. The van der Waals surface area contributed by atoms with Gasteiger partial charge < -0.3 is 14.6 Å². The van der Waals surface area contributed by atoms with Crippen LogP contribution >= 0.6 is 0 Å². The first-order chi connectivity index (χ1) is 8.17. The molecule has 0 saturated heterocycles. The summed E-state index contributed by atoms with van der Waals surface area (Å²) in [6, 6.07) is 5.35. The maximum atomic E-state index is 10.5. The summed E-state index contributed by atoms with van der Waals surface area (Å²) in [5, 5.41) is 8.59. The second-order valence-electron chi connectivity index (χ2n) is 3.07. The molecule has 0 unspecified atom stereocenters. The average Bonchev–Trinajstić information content (AvgIpc) is 2.38. The Morgan fingerprint density at radius 2 is 1.88 bits per heavy atom. The summed E-state index contributed by atoms with van der Waals surface area (Å²) in [5.74, 6) is 0.577. The number of carbonyl (C=O) groups is 1. The molecule has 0 radical (unpaired) electrons. The van der Waals surface area contributed by atoms with Crippen LogP contribution in [0.25, 0.3) is 0 Å². The number of rotatable bonds is 5. The number of methoxy groups -OCH3 is 2. The Kier molecular flexibility index (Phi) is 7.59. The van der Waals surface area contributed by atoms with Crippen LogP contribution in [0.2, 0.25) is 0 Å². The largest absolute Gasteiger partial charge is 0.497 e. The summed E-state index contributed by atoms with van der Waals surface area (Å²) in [4.78, 5) is 10.5. The second-order valence-corrected chi connectivity index (χ2v) is 3.07. The van der Waals surface area contributed by atoms with E-state index in [2.05, 4.69) is 0 Å². The van der Waals surface area contributed by atoms with E-state index in [0.717, 1.165) is 5.56 Å². The molecule has 1 aromatic carbocycles. The molecular formula is C13H20O4. The van der Waals surface area contributed by atoms with Gasteiger partial charge in [0.25, 0.3) is 0 Å². The Morgan fingerprint density at radius 3 is 2.35 bits per heavy atom. The fourth-order valence-electron chi connectivity index (χ4n) is 1.32. The van der Waals surface area contributed by atoms with Gasteiger partial charge in [0, 0.05) is 6.42 Å². The molecule has 0 amide bonds. The lowest BCUT2D eigenvalue weighted by molar-refractivity contribution is -0.136. The fraction of sp³-hybridized carbons (Fsp3) is 0.462. The third kappa shape index (κ3) is 5.24. The molecule has 0 saturated carbocycles. The van der Waals surface area contributed by atoms with E-state index in [0.29, 0.717) is 17.9 Å². The Labute approximate surface area is 102 Å². The smallest absolute Gasteiger partial charge is 0.303 e. The van der Waals surface area contributed by atoms with Gasteiger partial charge in [-0.1, -0.05) is 13.8 Å². The fourth-order valence-corrected chi connectivity index (χ4v) is 1.32. The van der Waals surface area contributed by atoms with Gasteiger partial charge in [-0.05, 0) is 30.2 Å². The van der Waals surface area contributed by atoms with Crippen LogP contribution in [-0.4, -0.2) is 25.3 Å². The predicted molar refractivity (Wildman–Crippen MR) is 66.9 cm³/mol. The Bertz CT molecular complexity index is 347. The van der Waals surface area contributed by atoms with Gasteiger partial charge in [-0.15, -0.1) is 0 Å². The zero-order chi connectivity index (χ0) is 13.3. The molecule has 0 aromatic heterocycles. The SMILES string of the molecule is CC.COc1ccc(OC)c(CCC(=O)O)c1.